The van der Waals surface area contributed by atoms with Crippen molar-refractivity contribution in [3.8, 4) is 11.6 Å². The quantitative estimate of drug-likeness (QED) is 0.431. The maximum absolute atomic E-state index is 12.5. The molecular weight excluding hydrogens is 376 g/mol. The first-order valence-electron chi connectivity index (χ1n) is 9.12. The highest BCUT2D eigenvalue weighted by atomic mass is 16.6. The highest BCUT2D eigenvalue weighted by Crippen LogP contribution is 2.17. The lowest BCUT2D eigenvalue weighted by molar-refractivity contribution is 0.0949. The fourth-order valence-electron chi connectivity index (χ4n) is 2.57. The number of nitrogens with two attached hydrogens (primary N) is 1. The van der Waals surface area contributed by atoms with E-state index in [1.54, 1.807) is 0 Å². The molecular formula is C18H22N8O3. The first-order valence-corrected chi connectivity index (χ1v) is 9.12. The number of hydrogen-bond acceptors (Lipinski definition) is 9. The molecule has 0 atom stereocenters. The number of nitrogens with zero attached hydrogens (tertiary/aromatic N) is 6. The van der Waals surface area contributed by atoms with Crippen molar-refractivity contribution >= 4 is 17.9 Å². The van der Waals surface area contributed by atoms with Gasteiger partial charge in [-0.3, -0.25) is 4.79 Å². The van der Waals surface area contributed by atoms with Crippen LogP contribution in [0.5, 0.6) is 5.75 Å². The predicted octanol–water partition coefficient (Wildman–Crippen LogP) is 1.74. The number of rotatable bonds is 8. The van der Waals surface area contributed by atoms with Crippen molar-refractivity contribution in [3.05, 3.63) is 41.2 Å². The Hall–Kier alpha value is -3.76. The molecule has 0 aliphatic carbocycles. The molecule has 152 valence electrons. The van der Waals surface area contributed by atoms with Crippen molar-refractivity contribution in [2.45, 2.75) is 39.7 Å². The van der Waals surface area contributed by atoms with E-state index in [0.717, 1.165) is 17.7 Å². The van der Waals surface area contributed by atoms with Gasteiger partial charge in [-0.05, 0) is 60.4 Å². The molecule has 0 spiro atoms. The maximum Gasteiger partial charge on any atom is 0.293 e. The van der Waals surface area contributed by atoms with Crippen LogP contribution in [-0.2, 0) is 6.42 Å². The number of anilines is 1. The molecule has 11 nitrogen and oxygen atoms in total. The summed E-state index contributed by atoms with van der Waals surface area (Å²) in [6.45, 7) is 5.89. The van der Waals surface area contributed by atoms with E-state index in [-0.39, 0.29) is 23.4 Å². The van der Waals surface area contributed by atoms with Gasteiger partial charge in [-0.15, -0.1) is 5.10 Å². The zero-order chi connectivity index (χ0) is 20.8. The van der Waals surface area contributed by atoms with Crippen LogP contribution >= 0.6 is 0 Å². The van der Waals surface area contributed by atoms with Gasteiger partial charge >= 0.3 is 0 Å². The molecule has 0 saturated carbocycles. The normalized spacial score (nSPS) is 11.3. The summed E-state index contributed by atoms with van der Waals surface area (Å²) in [4.78, 5) is 12.5. The van der Waals surface area contributed by atoms with Crippen LogP contribution in [-0.4, -0.2) is 43.5 Å². The standard InChI is InChI=1S/C18H22N8O3/c1-4-5-14-15(21-25-26(14)17-16(19)23-29-24-17)18(27)22-20-10-12-6-8-13(9-7-12)28-11(2)3/h6-11H,4-5H2,1-3H3,(H2,19,23)(H,22,27)/b20-10+. The summed E-state index contributed by atoms with van der Waals surface area (Å²) in [5, 5.41) is 19.1. The summed E-state index contributed by atoms with van der Waals surface area (Å²) >= 11 is 0. The van der Waals surface area contributed by atoms with E-state index in [0.29, 0.717) is 12.1 Å². The molecule has 2 aromatic heterocycles. The van der Waals surface area contributed by atoms with E-state index in [1.165, 1.54) is 10.9 Å². The fraction of sp³-hybridized carbons (Fsp3) is 0.333. The van der Waals surface area contributed by atoms with Crippen molar-refractivity contribution in [1.82, 2.24) is 30.7 Å². The molecule has 0 aliphatic rings. The van der Waals surface area contributed by atoms with Crippen LogP contribution in [0.2, 0.25) is 0 Å². The monoisotopic (exact) mass is 398 g/mol. The number of carbonyl (C=O) groups excluding carboxylic acids is 1. The average Bonchev–Trinajstić information content (AvgIpc) is 3.29. The van der Waals surface area contributed by atoms with E-state index in [2.05, 4.69) is 35.8 Å². The Morgan fingerprint density at radius 3 is 2.72 bits per heavy atom. The lowest BCUT2D eigenvalue weighted by Crippen LogP contribution is -2.20. The molecule has 1 amide bonds. The molecule has 3 aromatic rings. The van der Waals surface area contributed by atoms with E-state index >= 15 is 0 Å². The molecule has 0 radical (unpaired) electrons. The summed E-state index contributed by atoms with van der Waals surface area (Å²) in [6.07, 6.45) is 2.92. The smallest absolute Gasteiger partial charge is 0.293 e. The van der Waals surface area contributed by atoms with Gasteiger partial charge < -0.3 is 10.5 Å². The summed E-state index contributed by atoms with van der Waals surface area (Å²) in [5.41, 5.74) is 9.65. The molecule has 0 saturated heterocycles. The minimum absolute atomic E-state index is 0.0575. The van der Waals surface area contributed by atoms with Crippen molar-refractivity contribution in [2.24, 2.45) is 5.10 Å². The van der Waals surface area contributed by atoms with Crippen molar-refractivity contribution in [3.63, 3.8) is 0 Å². The van der Waals surface area contributed by atoms with E-state index in [1.807, 2.05) is 45.0 Å². The second-order valence-corrected chi connectivity index (χ2v) is 6.45. The van der Waals surface area contributed by atoms with Crippen molar-refractivity contribution < 1.29 is 14.2 Å². The van der Waals surface area contributed by atoms with Crippen LogP contribution in [0.4, 0.5) is 5.82 Å². The van der Waals surface area contributed by atoms with Gasteiger partial charge in [-0.1, -0.05) is 18.6 Å². The summed E-state index contributed by atoms with van der Waals surface area (Å²) in [5.74, 6) is 0.517. The topological polar surface area (TPSA) is 146 Å². The minimum Gasteiger partial charge on any atom is -0.491 e. The Bertz CT molecular complexity index is 991. The second kappa shape index (κ2) is 8.95. The molecule has 3 N–H and O–H groups in total. The van der Waals surface area contributed by atoms with Gasteiger partial charge in [0, 0.05) is 0 Å². The molecule has 1 aromatic carbocycles. The van der Waals surface area contributed by atoms with Gasteiger partial charge in [0.1, 0.15) is 5.75 Å². The number of benzene rings is 1. The van der Waals surface area contributed by atoms with Crippen LogP contribution in [0.1, 0.15) is 48.9 Å². The third kappa shape index (κ3) is 4.75. The predicted molar refractivity (Wildman–Crippen MR) is 105 cm³/mol. The number of hydrazone groups is 1. The van der Waals surface area contributed by atoms with Crippen molar-refractivity contribution in [1.29, 1.82) is 0 Å². The molecule has 2 heterocycles. The number of amides is 1. The van der Waals surface area contributed by atoms with E-state index in [9.17, 15) is 4.79 Å². The molecule has 29 heavy (non-hydrogen) atoms. The van der Waals surface area contributed by atoms with Gasteiger partial charge in [0.2, 0.25) is 11.6 Å². The molecule has 3 rings (SSSR count). The van der Waals surface area contributed by atoms with Crippen LogP contribution < -0.4 is 15.9 Å². The minimum atomic E-state index is -0.495. The van der Waals surface area contributed by atoms with E-state index in [4.69, 9.17) is 10.5 Å². The maximum atomic E-state index is 12.5. The number of hydrogen-bond donors (Lipinski definition) is 2. The third-order valence-electron chi connectivity index (χ3n) is 3.79. The van der Waals surface area contributed by atoms with Gasteiger partial charge in [-0.2, -0.15) is 9.78 Å². The second-order valence-electron chi connectivity index (χ2n) is 6.45. The number of nitrogens with one attached hydrogen (secondary N) is 1. The van der Waals surface area contributed by atoms with Crippen molar-refractivity contribution in [2.75, 3.05) is 5.73 Å². The molecule has 0 fully saturated rings. The number of ether oxygens (including phenoxy) is 1. The zero-order valence-corrected chi connectivity index (χ0v) is 16.4. The fourth-order valence-corrected chi connectivity index (χ4v) is 2.57. The molecule has 0 bridgehead atoms. The number of nitrogen functional groups attached to an aromatic ring is 1. The first-order chi connectivity index (χ1) is 14.0. The van der Waals surface area contributed by atoms with Crippen LogP contribution in [0.15, 0.2) is 34.0 Å². The zero-order valence-electron chi connectivity index (χ0n) is 16.4. The molecule has 11 heteroatoms. The molecule has 0 aliphatic heterocycles. The number of aromatic nitrogens is 5. The Balaban J connectivity index is 1.71. The van der Waals surface area contributed by atoms with Crippen LogP contribution in [0.25, 0.3) is 5.82 Å². The SMILES string of the molecule is CCCc1c(C(=O)N/N=C/c2ccc(OC(C)C)cc2)nnn1-c1nonc1N. The van der Waals surface area contributed by atoms with Crippen LogP contribution in [0, 0.1) is 0 Å². The Morgan fingerprint density at radius 2 is 2.10 bits per heavy atom. The van der Waals surface area contributed by atoms with Gasteiger partial charge in [0.25, 0.3) is 5.91 Å². The lowest BCUT2D eigenvalue weighted by atomic mass is 10.2. The van der Waals surface area contributed by atoms with Gasteiger partial charge in [0.05, 0.1) is 18.0 Å². The summed E-state index contributed by atoms with van der Waals surface area (Å²) < 4.78 is 11.5. The van der Waals surface area contributed by atoms with Gasteiger partial charge in [0.15, 0.2) is 5.69 Å². The Kier molecular flexibility index (Phi) is 6.17. The highest BCUT2D eigenvalue weighted by Gasteiger charge is 2.23. The Morgan fingerprint density at radius 1 is 1.34 bits per heavy atom. The average molecular weight is 398 g/mol. The third-order valence-corrected chi connectivity index (χ3v) is 3.79. The molecule has 0 unspecified atom stereocenters. The van der Waals surface area contributed by atoms with Crippen LogP contribution in [0.3, 0.4) is 0 Å². The lowest BCUT2D eigenvalue weighted by Gasteiger charge is -2.09. The van der Waals surface area contributed by atoms with Gasteiger partial charge in [-0.25, -0.2) is 10.1 Å². The highest BCUT2D eigenvalue weighted by molar-refractivity contribution is 5.94. The largest absolute Gasteiger partial charge is 0.491 e. The Labute approximate surface area is 166 Å². The summed E-state index contributed by atoms with van der Waals surface area (Å²) in [7, 11) is 0. The summed E-state index contributed by atoms with van der Waals surface area (Å²) in [6, 6.07) is 7.36. The number of carbonyl (C=O) groups is 1. The van der Waals surface area contributed by atoms with E-state index < -0.39 is 5.91 Å². The first kappa shape index (κ1) is 20.0.